The number of ether oxygens (including phenoxy) is 1. The van der Waals surface area contributed by atoms with Crippen molar-refractivity contribution < 1.29 is 9.53 Å². The number of carbonyl (C=O) groups excluding carboxylic acids is 1. The fraction of sp³-hybridized carbons (Fsp3) is 0.286. The lowest BCUT2D eigenvalue weighted by Crippen LogP contribution is -2.35. The van der Waals surface area contributed by atoms with Crippen LogP contribution in [0.4, 0.5) is 0 Å². The quantitative estimate of drug-likeness (QED) is 0.482. The number of aromatic nitrogens is 2. The highest BCUT2D eigenvalue weighted by molar-refractivity contribution is 6.15. The third-order valence-corrected chi connectivity index (χ3v) is 6.80. The standard InChI is InChI=1S/C28H28N4O2/c33-28-26-23-10-8-21-17-30-22(16-24(21)27(23)31-25(26)2-1-11-29-28)9-7-19-3-5-20(6-4-19)18-32-12-14-34-15-13-32/h3-10,16-17,30H,1-2,11-15,18H2,(H,29,33)/b9-7+. The first-order valence-electron chi connectivity index (χ1n) is 12.0. The number of rotatable bonds is 4. The molecule has 0 radical (unpaired) electrons. The van der Waals surface area contributed by atoms with Crippen LogP contribution in [0.3, 0.4) is 0 Å². The normalized spacial score (nSPS) is 17.2. The van der Waals surface area contributed by atoms with Crippen molar-refractivity contribution in [3.05, 3.63) is 76.7 Å². The molecule has 0 unspecified atom stereocenters. The summed E-state index contributed by atoms with van der Waals surface area (Å²) < 4.78 is 5.44. The molecule has 4 heterocycles. The predicted molar refractivity (Wildman–Crippen MR) is 136 cm³/mol. The van der Waals surface area contributed by atoms with Gasteiger partial charge in [0.1, 0.15) is 0 Å². The molecule has 2 aliphatic rings. The number of carbonyl (C=O) groups is 1. The first-order valence-corrected chi connectivity index (χ1v) is 12.0. The van der Waals surface area contributed by atoms with Gasteiger partial charge in [-0.25, -0.2) is 0 Å². The van der Waals surface area contributed by atoms with Gasteiger partial charge in [0.15, 0.2) is 0 Å². The summed E-state index contributed by atoms with van der Waals surface area (Å²) in [4.78, 5) is 23.3. The molecule has 2 aromatic heterocycles. The average Bonchev–Trinajstić information content (AvgIpc) is 3.16. The molecule has 0 saturated carbocycles. The molecular weight excluding hydrogens is 424 g/mol. The number of aromatic amines is 1. The summed E-state index contributed by atoms with van der Waals surface area (Å²) >= 11 is 0. The Hall–Kier alpha value is -3.48. The zero-order chi connectivity index (χ0) is 22.9. The first-order chi connectivity index (χ1) is 16.7. The minimum absolute atomic E-state index is 0.00553. The molecule has 2 aliphatic heterocycles. The lowest BCUT2D eigenvalue weighted by molar-refractivity contribution is 0.0342. The van der Waals surface area contributed by atoms with Gasteiger partial charge in [-0.3, -0.25) is 14.7 Å². The number of hydrogen-bond acceptors (Lipinski definition) is 4. The van der Waals surface area contributed by atoms with Crippen LogP contribution in [0.25, 0.3) is 33.8 Å². The molecule has 172 valence electrons. The first kappa shape index (κ1) is 21.1. The van der Waals surface area contributed by atoms with E-state index < -0.39 is 0 Å². The van der Waals surface area contributed by atoms with Crippen LogP contribution in [-0.2, 0) is 17.7 Å². The van der Waals surface area contributed by atoms with Gasteiger partial charge in [-0.05, 0) is 41.5 Å². The molecule has 6 heteroatoms. The highest BCUT2D eigenvalue weighted by atomic mass is 16.5. The van der Waals surface area contributed by atoms with Crippen LogP contribution in [0.5, 0.6) is 0 Å². The van der Waals surface area contributed by atoms with E-state index >= 15 is 0 Å². The molecule has 6 rings (SSSR count). The van der Waals surface area contributed by atoms with Crippen molar-refractivity contribution >= 4 is 39.7 Å². The van der Waals surface area contributed by atoms with Crippen LogP contribution in [0.1, 0.15) is 39.3 Å². The maximum Gasteiger partial charge on any atom is 0.253 e. The monoisotopic (exact) mass is 452 g/mol. The Morgan fingerprint density at radius 1 is 1.03 bits per heavy atom. The van der Waals surface area contributed by atoms with Crippen LogP contribution < -0.4 is 5.32 Å². The van der Waals surface area contributed by atoms with Crippen molar-refractivity contribution in [2.45, 2.75) is 19.4 Å². The van der Waals surface area contributed by atoms with E-state index in [1.807, 2.05) is 12.3 Å². The van der Waals surface area contributed by atoms with Gasteiger partial charge >= 0.3 is 0 Å². The zero-order valence-electron chi connectivity index (χ0n) is 19.1. The molecular formula is C28H28N4O2. The number of nitrogens with zero attached hydrogens (tertiary/aromatic N) is 2. The topological polar surface area (TPSA) is 70.2 Å². The summed E-state index contributed by atoms with van der Waals surface area (Å²) in [6, 6.07) is 15.0. The van der Waals surface area contributed by atoms with E-state index in [1.165, 1.54) is 5.56 Å². The Bertz CT molecular complexity index is 1380. The number of H-pyrrole nitrogens is 1. The van der Waals surface area contributed by atoms with Gasteiger partial charge in [-0.2, -0.15) is 0 Å². The maximum atomic E-state index is 12.6. The molecule has 0 atom stereocenters. The van der Waals surface area contributed by atoms with Crippen LogP contribution in [-0.4, -0.2) is 53.6 Å². The number of pyridine rings is 1. The van der Waals surface area contributed by atoms with E-state index in [-0.39, 0.29) is 5.91 Å². The number of benzene rings is 2. The minimum atomic E-state index is -0.00553. The molecule has 6 nitrogen and oxygen atoms in total. The minimum Gasteiger partial charge on any atom is -0.379 e. The van der Waals surface area contributed by atoms with Crippen molar-refractivity contribution in [2.24, 2.45) is 0 Å². The van der Waals surface area contributed by atoms with Gasteiger partial charge in [0.25, 0.3) is 5.91 Å². The summed E-state index contributed by atoms with van der Waals surface area (Å²) in [6.07, 6.45) is 7.98. The van der Waals surface area contributed by atoms with Crippen LogP contribution in [0, 0.1) is 0 Å². The van der Waals surface area contributed by atoms with Gasteiger partial charge in [0.2, 0.25) is 0 Å². The Kier molecular flexibility index (Phi) is 5.61. The molecule has 1 saturated heterocycles. The second kappa shape index (κ2) is 9.05. The van der Waals surface area contributed by atoms with Crippen molar-refractivity contribution in [3.63, 3.8) is 0 Å². The van der Waals surface area contributed by atoms with Gasteiger partial charge in [-0.1, -0.05) is 42.5 Å². The molecule has 0 spiro atoms. The Morgan fingerprint density at radius 3 is 2.74 bits per heavy atom. The van der Waals surface area contributed by atoms with Gasteiger partial charge in [0, 0.05) is 48.8 Å². The number of morpholine rings is 1. The summed E-state index contributed by atoms with van der Waals surface area (Å²) in [5, 5.41) is 6.10. The number of amides is 1. The lowest BCUT2D eigenvalue weighted by atomic mass is 10.0. The lowest BCUT2D eigenvalue weighted by Gasteiger charge is -2.26. The summed E-state index contributed by atoms with van der Waals surface area (Å²) in [5.74, 6) is -0.00553. The number of aryl methyl sites for hydroxylation is 1. The van der Waals surface area contributed by atoms with E-state index in [9.17, 15) is 4.79 Å². The van der Waals surface area contributed by atoms with E-state index in [0.717, 1.165) is 89.9 Å². The summed E-state index contributed by atoms with van der Waals surface area (Å²) in [6.45, 7) is 5.33. The van der Waals surface area contributed by atoms with Crippen molar-refractivity contribution in [2.75, 3.05) is 32.8 Å². The second-order valence-electron chi connectivity index (χ2n) is 9.11. The molecule has 4 aromatic rings. The summed E-state index contributed by atoms with van der Waals surface area (Å²) in [7, 11) is 0. The number of hydrogen-bond donors (Lipinski definition) is 2. The highest BCUT2D eigenvalue weighted by Crippen LogP contribution is 2.31. The zero-order valence-corrected chi connectivity index (χ0v) is 19.1. The summed E-state index contributed by atoms with van der Waals surface area (Å²) in [5.41, 5.74) is 6.06. The molecule has 1 amide bonds. The molecule has 2 N–H and O–H groups in total. The van der Waals surface area contributed by atoms with Crippen molar-refractivity contribution in [3.8, 4) is 0 Å². The maximum absolute atomic E-state index is 12.6. The molecule has 2 aromatic carbocycles. The van der Waals surface area contributed by atoms with Gasteiger partial charge in [0.05, 0.1) is 30.0 Å². The van der Waals surface area contributed by atoms with Crippen LogP contribution in [0.2, 0.25) is 0 Å². The molecule has 1 fully saturated rings. The van der Waals surface area contributed by atoms with E-state index in [4.69, 9.17) is 9.72 Å². The fourth-order valence-corrected chi connectivity index (χ4v) is 4.94. The average molecular weight is 453 g/mol. The van der Waals surface area contributed by atoms with E-state index in [1.54, 1.807) is 0 Å². The third-order valence-electron chi connectivity index (χ3n) is 6.80. The van der Waals surface area contributed by atoms with Crippen LogP contribution >= 0.6 is 0 Å². The van der Waals surface area contributed by atoms with Gasteiger partial charge in [-0.15, -0.1) is 0 Å². The number of fused-ring (bicyclic) bond motifs is 5. The third kappa shape index (κ3) is 4.11. The number of nitrogens with one attached hydrogen (secondary N) is 2. The Morgan fingerprint density at radius 2 is 1.88 bits per heavy atom. The van der Waals surface area contributed by atoms with Crippen molar-refractivity contribution in [1.82, 2.24) is 20.2 Å². The van der Waals surface area contributed by atoms with Crippen molar-refractivity contribution in [1.29, 1.82) is 0 Å². The van der Waals surface area contributed by atoms with Gasteiger partial charge < -0.3 is 15.0 Å². The van der Waals surface area contributed by atoms with E-state index in [2.05, 4.69) is 63.8 Å². The fourth-order valence-electron chi connectivity index (χ4n) is 4.94. The predicted octanol–water partition coefficient (Wildman–Crippen LogP) is 4.39. The Balaban J connectivity index is 1.26. The largest absolute Gasteiger partial charge is 0.379 e. The Labute approximate surface area is 198 Å². The molecule has 0 bridgehead atoms. The smallest absolute Gasteiger partial charge is 0.253 e. The highest BCUT2D eigenvalue weighted by Gasteiger charge is 2.22. The van der Waals surface area contributed by atoms with Crippen LogP contribution in [0.15, 0.2) is 48.7 Å². The molecule has 34 heavy (non-hydrogen) atoms. The van der Waals surface area contributed by atoms with E-state index in [0.29, 0.717) is 6.54 Å². The SMILES string of the molecule is O=C1NCCCc2nc3c(ccc4c[nH]c(/C=C/c5ccc(CN6CCOCC6)cc5)cc43)c21. The second-order valence-corrected chi connectivity index (χ2v) is 9.11. The molecule has 0 aliphatic carbocycles.